The molecule has 0 saturated heterocycles. The summed E-state index contributed by atoms with van der Waals surface area (Å²) in [5.41, 5.74) is 2.72. The van der Waals surface area contributed by atoms with Gasteiger partial charge in [0, 0.05) is 11.8 Å². The van der Waals surface area contributed by atoms with E-state index in [4.69, 9.17) is 0 Å². The number of carboxylic acid groups (broad SMARTS) is 1. The van der Waals surface area contributed by atoms with Gasteiger partial charge < -0.3 is 5.11 Å². The lowest BCUT2D eigenvalue weighted by molar-refractivity contribution is 0.0700. The number of carbonyl (C=O) groups is 1. The van der Waals surface area contributed by atoms with Gasteiger partial charge in [0.1, 0.15) is 4.88 Å². The molecule has 1 aromatic carbocycles. The summed E-state index contributed by atoms with van der Waals surface area (Å²) >= 11 is 1.23. The smallest absolute Gasteiger partial charge is 0.347 e. The Kier molecular flexibility index (Phi) is 3.06. The van der Waals surface area contributed by atoms with Crippen LogP contribution in [0.4, 0.5) is 0 Å². The molecule has 20 heavy (non-hydrogen) atoms. The summed E-state index contributed by atoms with van der Waals surface area (Å²) in [4.78, 5) is 17.0. The molecule has 1 N–H and O–H groups in total. The van der Waals surface area contributed by atoms with E-state index in [0.717, 1.165) is 21.9 Å². The van der Waals surface area contributed by atoms with Crippen LogP contribution in [0, 0.1) is 0 Å². The van der Waals surface area contributed by atoms with Gasteiger partial charge in [0.25, 0.3) is 0 Å². The van der Waals surface area contributed by atoms with Crippen LogP contribution in [-0.2, 0) is 0 Å². The first-order valence-electron chi connectivity index (χ1n) is 6.38. The average Bonchev–Trinajstić information content (AvgIpc) is 2.96. The molecule has 0 fully saturated rings. The topological polar surface area (TPSA) is 54.6 Å². The normalized spacial score (nSPS) is 11.3. The van der Waals surface area contributed by atoms with Crippen molar-refractivity contribution in [1.29, 1.82) is 0 Å². The number of fused-ring (bicyclic) bond motifs is 1. The zero-order valence-corrected chi connectivity index (χ0v) is 12.0. The van der Waals surface area contributed by atoms with Gasteiger partial charge >= 0.3 is 5.97 Å². The number of carboxylic acids is 1. The molecule has 0 radical (unpaired) electrons. The maximum Gasteiger partial charge on any atom is 0.347 e. The van der Waals surface area contributed by atoms with E-state index in [1.54, 1.807) is 0 Å². The Bertz CT molecular complexity index is 772. The van der Waals surface area contributed by atoms with E-state index in [0.29, 0.717) is 4.88 Å². The summed E-state index contributed by atoms with van der Waals surface area (Å²) in [5.74, 6) is -0.752. The first kappa shape index (κ1) is 12.9. The molecular formula is C15H14N2O2S. The van der Waals surface area contributed by atoms with E-state index in [-0.39, 0.29) is 5.92 Å². The van der Waals surface area contributed by atoms with Crippen molar-refractivity contribution in [2.24, 2.45) is 0 Å². The minimum absolute atomic E-state index is 0.132. The number of rotatable bonds is 3. The molecule has 0 bridgehead atoms. The Labute approximate surface area is 120 Å². The summed E-state index contributed by atoms with van der Waals surface area (Å²) < 4.78 is 1.90. The van der Waals surface area contributed by atoms with Crippen molar-refractivity contribution in [2.45, 2.75) is 19.8 Å². The van der Waals surface area contributed by atoms with Crippen LogP contribution in [0.15, 0.2) is 36.5 Å². The van der Waals surface area contributed by atoms with E-state index >= 15 is 0 Å². The highest BCUT2D eigenvalue weighted by Crippen LogP contribution is 2.31. The SMILES string of the molecule is CC(C)c1c(C(=O)O)sc2nc(-c3ccccc3)cn12. The van der Waals surface area contributed by atoms with Gasteiger partial charge in [0.15, 0.2) is 4.96 Å². The molecule has 3 rings (SSSR count). The number of imidazole rings is 1. The van der Waals surface area contributed by atoms with Gasteiger partial charge in [0.05, 0.1) is 11.4 Å². The van der Waals surface area contributed by atoms with Crippen LogP contribution >= 0.6 is 11.3 Å². The highest BCUT2D eigenvalue weighted by Gasteiger charge is 2.22. The van der Waals surface area contributed by atoms with E-state index in [2.05, 4.69) is 4.98 Å². The molecule has 4 nitrogen and oxygen atoms in total. The van der Waals surface area contributed by atoms with Crippen LogP contribution in [0.5, 0.6) is 0 Å². The molecule has 0 unspecified atom stereocenters. The number of benzene rings is 1. The molecule has 2 aromatic heterocycles. The van der Waals surface area contributed by atoms with Crippen molar-refractivity contribution in [1.82, 2.24) is 9.38 Å². The van der Waals surface area contributed by atoms with Crippen LogP contribution in [0.1, 0.15) is 35.1 Å². The molecule has 2 heterocycles. The lowest BCUT2D eigenvalue weighted by Gasteiger charge is -2.04. The van der Waals surface area contributed by atoms with Crippen LogP contribution in [0.3, 0.4) is 0 Å². The minimum Gasteiger partial charge on any atom is -0.477 e. The standard InChI is InChI=1S/C15H14N2O2S/c1-9(2)12-13(14(18)19)20-15-16-11(8-17(12)15)10-6-4-3-5-7-10/h3-9H,1-2H3,(H,18,19). The molecule has 0 amide bonds. The molecular weight excluding hydrogens is 272 g/mol. The largest absolute Gasteiger partial charge is 0.477 e. The zero-order valence-electron chi connectivity index (χ0n) is 11.2. The predicted octanol–water partition coefficient (Wildman–Crippen LogP) is 3.88. The molecule has 5 heteroatoms. The average molecular weight is 286 g/mol. The van der Waals surface area contributed by atoms with Crippen molar-refractivity contribution in [3.05, 3.63) is 47.1 Å². The molecule has 102 valence electrons. The summed E-state index contributed by atoms with van der Waals surface area (Å²) in [6.07, 6.45) is 1.92. The van der Waals surface area contributed by atoms with Crippen LogP contribution < -0.4 is 0 Å². The molecule has 0 spiro atoms. The summed E-state index contributed by atoms with van der Waals surface area (Å²) in [6, 6.07) is 9.90. The third kappa shape index (κ3) is 2.00. The molecule has 0 aliphatic heterocycles. The van der Waals surface area contributed by atoms with Crippen LogP contribution in [0.2, 0.25) is 0 Å². The van der Waals surface area contributed by atoms with Gasteiger partial charge in [0.2, 0.25) is 0 Å². The molecule has 3 aromatic rings. The number of thiazole rings is 1. The number of aromatic carboxylic acids is 1. The van der Waals surface area contributed by atoms with E-state index in [9.17, 15) is 9.90 Å². The maximum absolute atomic E-state index is 11.3. The Morgan fingerprint density at radius 1 is 1.30 bits per heavy atom. The highest BCUT2D eigenvalue weighted by atomic mass is 32.1. The number of aromatic nitrogens is 2. The fourth-order valence-corrected chi connectivity index (χ4v) is 3.40. The summed E-state index contributed by atoms with van der Waals surface area (Å²) in [5, 5.41) is 9.29. The number of hydrogen-bond acceptors (Lipinski definition) is 3. The predicted molar refractivity (Wildman–Crippen MR) is 79.6 cm³/mol. The van der Waals surface area contributed by atoms with E-state index < -0.39 is 5.97 Å². The molecule has 0 aliphatic rings. The number of hydrogen-bond donors (Lipinski definition) is 1. The maximum atomic E-state index is 11.3. The molecule has 0 atom stereocenters. The Hall–Kier alpha value is -2.14. The highest BCUT2D eigenvalue weighted by molar-refractivity contribution is 7.19. The fraction of sp³-hybridized carbons (Fsp3) is 0.200. The van der Waals surface area contributed by atoms with Gasteiger partial charge in [-0.3, -0.25) is 4.40 Å². The van der Waals surface area contributed by atoms with Gasteiger partial charge in [-0.1, -0.05) is 55.5 Å². The van der Waals surface area contributed by atoms with Crippen molar-refractivity contribution in [3.8, 4) is 11.3 Å². The van der Waals surface area contributed by atoms with Gasteiger partial charge in [-0.2, -0.15) is 0 Å². The summed E-state index contributed by atoms with van der Waals surface area (Å²) in [7, 11) is 0. The van der Waals surface area contributed by atoms with Crippen LogP contribution in [0.25, 0.3) is 16.2 Å². The lowest BCUT2D eigenvalue weighted by atomic mass is 10.1. The monoisotopic (exact) mass is 286 g/mol. The fourth-order valence-electron chi connectivity index (χ4n) is 2.30. The Balaban J connectivity index is 2.21. The molecule has 0 saturated carbocycles. The van der Waals surface area contributed by atoms with Crippen molar-refractivity contribution in [2.75, 3.05) is 0 Å². The van der Waals surface area contributed by atoms with Crippen molar-refractivity contribution >= 4 is 22.3 Å². The van der Waals surface area contributed by atoms with Gasteiger partial charge in [-0.05, 0) is 5.92 Å². The van der Waals surface area contributed by atoms with Crippen LogP contribution in [-0.4, -0.2) is 20.5 Å². The molecule has 0 aliphatic carbocycles. The first-order chi connectivity index (χ1) is 9.58. The lowest BCUT2D eigenvalue weighted by Crippen LogP contribution is -2.02. The minimum atomic E-state index is -0.884. The van der Waals surface area contributed by atoms with E-state index in [1.807, 2.05) is 54.8 Å². The van der Waals surface area contributed by atoms with Crippen molar-refractivity contribution < 1.29 is 9.90 Å². The second-order valence-electron chi connectivity index (χ2n) is 4.92. The number of nitrogens with zero attached hydrogens (tertiary/aromatic N) is 2. The van der Waals surface area contributed by atoms with E-state index in [1.165, 1.54) is 11.3 Å². The first-order valence-corrected chi connectivity index (χ1v) is 7.20. The zero-order chi connectivity index (χ0) is 14.3. The Morgan fingerprint density at radius 3 is 2.60 bits per heavy atom. The quantitative estimate of drug-likeness (QED) is 0.794. The second-order valence-corrected chi connectivity index (χ2v) is 5.90. The second kappa shape index (κ2) is 4.76. The van der Waals surface area contributed by atoms with Crippen molar-refractivity contribution in [3.63, 3.8) is 0 Å². The van der Waals surface area contributed by atoms with Gasteiger partial charge in [-0.15, -0.1) is 0 Å². The third-order valence-corrected chi connectivity index (χ3v) is 4.23. The third-order valence-electron chi connectivity index (χ3n) is 3.17. The summed E-state index contributed by atoms with van der Waals surface area (Å²) in [6.45, 7) is 3.99. The van der Waals surface area contributed by atoms with Gasteiger partial charge in [-0.25, -0.2) is 9.78 Å². The Morgan fingerprint density at radius 2 is 2.00 bits per heavy atom.